The molecule has 0 radical (unpaired) electrons. The summed E-state index contributed by atoms with van der Waals surface area (Å²) < 4.78 is 0. The van der Waals surface area contributed by atoms with Crippen molar-refractivity contribution < 1.29 is 9.90 Å². The number of carboxylic acids is 1. The molecule has 1 unspecified atom stereocenters. The number of benzene rings is 1. The summed E-state index contributed by atoms with van der Waals surface area (Å²) in [5.74, 6) is -0.801. The summed E-state index contributed by atoms with van der Waals surface area (Å²) >= 11 is 0. The van der Waals surface area contributed by atoms with E-state index in [0.717, 1.165) is 16.5 Å². The number of hydrogen-bond acceptors (Lipinski definition) is 2. The lowest BCUT2D eigenvalue weighted by molar-refractivity contribution is -0.137. The highest BCUT2D eigenvalue weighted by molar-refractivity contribution is 5.84. The van der Waals surface area contributed by atoms with Gasteiger partial charge in [-0.15, -0.1) is 0 Å². The fraction of sp³-hybridized carbons (Fsp3) is 0.250. The van der Waals surface area contributed by atoms with Crippen LogP contribution in [0.2, 0.25) is 0 Å². The van der Waals surface area contributed by atoms with E-state index in [4.69, 9.17) is 5.11 Å². The highest BCUT2D eigenvalue weighted by Gasteiger charge is 2.16. The number of aromatic amines is 1. The number of carboxylic acid groups (broad SMARTS) is 1. The SMILES string of the molecule is CNC(CC(=O)O)c1c[nH]c2ccccc12. The topological polar surface area (TPSA) is 65.1 Å². The van der Waals surface area contributed by atoms with Crippen LogP contribution in [0.15, 0.2) is 30.5 Å². The van der Waals surface area contributed by atoms with Crippen LogP contribution >= 0.6 is 0 Å². The lowest BCUT2D eigenvalue weighted by Crippen LogP contribution is -2.19. The molecule has 0 saturated carbocycles. The molecule has 2 aromatic rings. The van der Waals surface area contributed by atoms with Gasteiger partial charge >= 0.3 is 5.97 Å². The van der Waals surface area contributed by atoms with Crippen molar-refractivity contribution >= 4 is 16.9 Å². The smallest absolute Gasteiger partial charge is 0.305 e. The predicted molar refractivity (Wildman–Crippen MR) is 62.4 cm³/mol. The number of fused-ring (bicyclic) bond motifs is 1. The summed E-state index contributed by atoms with van der Waals surface area (Å²) in [5, 5.41) is 12.9. The molecular formula is C12H14N2O2. The highest BCUT2D eigenvalue weighted by atomic mass is 16.4. The van der Waals surface area contributed by atoms with Crippen LogP contribution in [0.5, 0.6) is 0 Å². The van der Waals surface area contributed by atoms with Gasteiger partial charge in [0.2, 0.25) is 0 Å². The van der Waals surface area contributed by atoms with Crippen LogP contribution in [0.3, 0.4) is 0 Å². The Morgan fingerprint density at radius 3 is 2.94 bits per heavy atom. The van der Waals surface area contributed by atoms with Crippen LogP contribution in [0.4, 0.5) is 0 Å². The zero-order valence-electron chi connectivity index (χ0n) is 9.03. The van der Waals surface area contributed by atoms with Crippen LogP contribution in [0, 0.1) is 0 Å². The molecule has 16 heavy (non-hydrogen) atoms. The first-order chi connectivity index (χ1) is 7.72. The number of hydrogen-bond donors (Lipinski definition) is 3. The number of carbonyl (C=O) groups is 1. The first-order valence-corrected chi connectivity index (χ1v) is 5.17. The van der Waals surface area contributed by atoms with E-state index in [1.807, 2.05) is 30.5 Å². The van der Waals surface area contributed by atoms with E-state index in [9.17, 15) is 4.79 Å². The van der Waals surface area contributed by atoms with E-state index in [-0.39, 0.29) is 12.5 Å². The number of aromatic nitrogens is 1. The van der Waals surface area contributed by atoms with E-state index >= 15 is 0 Å². The first-order valence-electron chi connectivity index (χ1n) is 5.17. The monoisotopic (exact) mass is 218 g/mol. The Hall–Kier alpha value is -1.81. The van der Waals surface area contributed by atoms with Crippen molar-refractivity contribution in [3.63, 3.8) is 0 Å². The van der Waals surface area contributed by atoms with E-state index in [1.165, 1.54) is 0 Å². The molecule has 0 aliphatic heterocycles. The van der Waals surface area contributed by atoms with Crippen LogP contribution in [-0.4, -0.2) is 23.1 Å². The average molecular weight is 218 g/mol. The fourth-order valence-corrected chi connectivity index (χ4v) is 1.92. The van der Waals surface area contributed by atoms with Gasteiger partial charge in [0.15, 0.2) is 0 Å². The van der Waals surface area contributed by atoms with Crippen molar-refractivity contribution in [3.8, 4) is 0 Å². The standard InChI is InChI=1S/C12H14N2O2/c1-13-11(6-12(15)16)9-7-14-10-5-3-2-4-8(9)10/h2-5,7,11,13-14H,6H2,1H3,(H,15,16). The minimum atomic E-state index is -0.801. The molecule has 1 aromatic carbocycles. The summed E-state index contributed by atoms with van der Waals surface area (Å²) in [5.41, 5.74) is 2.03. The maximum Gasteiger partial charge on any atom is 0.305 e. The van der Waals surface area contributed by atoms with Gasteiger partial charge in [0, 0.05) is 23.1 Å². The molecule has 0 spiro atoms. The summed E-state index contributed by atoms with van der Waals surface area (Å²) in [6.07, 6.45) is 1.95. The van der Waals surface area contributed by atoms with Gasteiger partial charge in [0.25, 0.3) is 0 Å². The minimum Gasteiger partial charge on any atom is -0.481 e. The van der Waals surface area contributed by atoms with Crippen molar-refractivity contribution in [1.29, 1.82) is 0 Å². The summed E-state index contributed by atoms with van der Waals surface area (Å²) in [6.45, 7) is 0. The maximum absolute atomic E-state index is 10.7. The van der Waals surface area contributed by atoms with Crippen molar-refractivity contribution in [2.75, 3.05) is 7.05 Å². The molecule has 4 nitrogen and oxygen atoms in total. The normalized spacial score (nSPS) is 12.8. The van der Waals surface area contributed by atoms with Crippen LogP contribution in [0.25, 0.3) is 10.9 Å². The van der Waals surface area contributed by atoms with Crippen molar-refractivity contribution in [3.05, 3.63) is 36.0 Å². The van der Waals surface area contributed by atoms with Gasteiger partial charge in [-0.25, -0.2) is 0 Å². The van der Waals surface area contributed by atoms with Gasteiger partial charge in [-0.05, 0) is 18.7 Å². The molecule has 2 rings (SSSR count). The molecule has 0 saturated heterocycles. The van der Waals surface area contributed by atoms with Gasteiger partial charge < -0.3 is 15.4 Å². The minimum absolute atomic E-state index is 0.0817. The zero-order valence-corrected chi connectivity index (χ0v) is 9.03. The molecular weight excluding hydrogens is 204 g/mol. The Morgan fingerprint density at radius 1 is 1.50 bits per heavy atom. The van der Waals surface area contributed by atoms with Gasteiger partial charge in [0.05, 0.1) is 6.42 Å². The molecule has 0 aliphatic rings. The predicted octanol–water partition coefficient (Wildman–Crippen LogP) is 1.90. The Labute approximate surface area is 93.3 Å². The lowest BCUT2D eigenvalue weighted by Gasteiger charge is -2.12. The van der Waals surface area contributed by atoms with Crippen LogP contribution in [-0.2, 0) is 4.79 Å². The molecule has 84 valence electrons. The molecule has 0 aliphatic carbocycles. The molecule has 1 heterocycles. The van der Waals surface area contributed by atoms with Gasteiger partial charge in [-0.2, -0.15) is 0 Å². The number of rotatable bonds is 4. The van der Waals surface area contributed by atoms with Crippen molar-refractivity contribution in [2.24, 2.45) is 0 Å². The van der Waals surface area contributed by atoms with Gasteiger partial charge in [-0.3, -0.25) is 4.79 Å². The number of nitrogens with one attached hydrogen (secondary N) is 2. The Kier molecular flexibility index (Phi) is 2.92. The molecule has 0 bridgehead atoms. The number of para-hydroxylation sites is 1. The average Bonchev–Trinajstić information content (AvgIpc) is 2.69. The summed E-state index contributed by atoms with van der Waals surface area (Å²) in [6, 6.07) is 7.72. The third kappa shape index (κ3) is 1.92. The Morgan fingerprint density at radius 2 is 2.25 bits per heavy atom. The van der Waals surface area contributed by atoms with Gasteiger partial charge in [0.1, 0.15) is 0 Å². The molecule has 3 N–H and O–H groups in total. The summed E-state index contributed by atoms with van der Waals surface area (Å²) in [4.78, 5) is 13.9. The Balaban J connectivity index is 2.41. The second-order valence-corrected chi connectivity index (χ2v) is 3.73. The summed E-state index contributed by atoms with van der Waals surface area (Å²) in [7, 11) is 1.77. The van der Waals surface area contributed by atoms with Crippen molar-refractivity contribution in [2.45, 2.75) is 12.5 Å². The first kappa shape index (κ1) is 10.7. The zero-order chi connectivity index (χ0) is 11.5. The largest absolute Gasteiger partial charge is 0.481 e. The molecule has 1 aromatic heterocycles. The molecule has 4 heteroatoms. The van der Waals surface area contributed by atoms with E-state index in [2.05, 4.69) is 10.3 Å². The van der Waals surface area contributed by atoms with E-state index < -0.39 is 5.97 Å². The number of H-pyrrole nitrogens is 1. The van der Waals surface area contributed by atoms with Crippen molar-refractivity contribution in [1.82, 2.24) is 10.3 Å². The quantitative estimate of drug-likeness (QED) is 0.734. The Bertz CT molecular complexity index is 504. The van der Waals surface area contributed by atoms with E-state index in [0.29, 0.717) is 0 Å². The lowest BCUT2D eigenvalue weighted by atomic mass is 10.0. The second-order valence-electron chi connectivity index (χ2n) is 3.73. The van der Waals surface area contributed by atoms with E-state index in [1.54, 1.807) is 7.05 Å². The van der Waals surface area contributed by atoms with Crippen LogP contribution in [0.1, 0.15) is 18.0 Å². The van der Waals surface area contributed by atoms with Crippen LogP contribution < -0.4 is 5.32 Å². The fourth-order valence-electron chi connectivity index (χ4n) is 1.92. The molecule has 1 atom stereocenters. The van der Waals surface area contributed by atoms with Gasteiger partial charge in [-0.1, -0.05) is 18.2 Å². The molecule has 0 fully saturated rings. The molecule has 0 amide bonds. The third-order valence-electron chi connectivity index (χ3n) is 2.72. The second kappa shape index (κ2) is 4.37. The number of aliphatic carboxylic acids is 1. The highest BCUT2D eigenvalue weighted by Crippen LogP contribution is 2.25. The third-order valence-corrected chi connectivity index (χ3v) is 2.72. The maximum atomic E-state index is 10.7.